The third-order valence-corrected chi connectivity index (χ3v) is 4.94. The van der Waals surface area contributed by atoms with Crippen LogP contribution in [0.2, 0.25) is 0 Å². The molecule has 0 bridgehead atoms. The molecule has 0 unspecified atom stereocenters. The molecule has 3 nitrogen and oxygen atoms in total. The fourth-order valence-electron chi connectivity index (χ4n) is 2.36. The molecule has 2 rings (SSSR count). The highest BCUT2D eigenvalue weighted by Crippen LogP contribution is 2.42. The van der Waals surface area contributed by atoms with Crippen LogP contribution in [0.1, 0.15) is 55.1 Å². The van der Waals surface area contributed by atoms with Crippen LogP contribution in [0, 0.1) is 0 Å². The number of hydrogen-bond donors (Lipinski definition) is 1. The topological polar surface area (TPSA) is 28.2 Å². The minimum absolute atomic E-state index is 0.770. The lowest BCUT2D eigenvalue weighted by Gasteiger charge is -2.16. The first-order valence-electron chi connectivity index (χ1n) is 7.69. The van der Waals surface area contributed by atoms with Crippen molar-refractivity contribution in [3.05, 3.63) is 15.6 Å². The molecule has 0 amide bonds. The molecule has 108 valence electrons. The molecule has 1 aromatic heterocycles. The van der Waals surface area contributed by atoms with E-state index in [0.717, 1.165) is 45.1 Å². The van der Waals surface area contributed by atoms with Gasteiger partial charge in [0.1, 0.15) is 0 Å². The van der Waals surface area contributed by atoms with E-state index < -0.39 is 0 Å². The van der Waals surface area contributed by atoms with E-state index >= 15 is 0 Å². The third kappa shape index (κ3) is 4.26. The van der Waals surface area contributed by atoms with E-state index in [4.69, 9.17) is 4.98 Å². The van der Waals surface area contributed by atoms with E-state index in [1.165, 1.54) is 28.4 Å². The molecule has 19 heavy (non-hydrogen) atoms. The van der Waals surface area contributed by atoms with E-state index in [1.807, 2.05) is 11.3 Å². The van der Waals surface area contributed by atoms with Gasteiger partial charge in [-0.2, -0.15) is 0 Å². The van der Waals surface area contributed by atoms with Gasteiger partial charge in [-0.1, -0.05) is 20.8 Å². The van der Waals surface area contributed by atoms with E-state index in [9.17, 15) is 0 Å². The highest BCUT2D eigenvalue weighted by atomic mass is 32.1. The summed E-state index contributed by atoms with van der Waals surface area (Å²) < 4.78 is 0. The van der Waals surface area contributed by atoms with Crippen molar-refractivity contribution in [3.8, 4) is 0 Å². The minimum atomic E-state index is 0.770. The molecule has 1 heterocycles. The zero-order valence-electron chi connectivity index (χ0n) is 12.5. The normalized spacial score (nSPS) is 15.4. The molecule has 1 aromatic rings. The Morgan fingerprint density at radius 1 is 1.26 bits per heavy atom. The summed E-state index contributed by atoms with van der Waals surface area (Å²) in [5.74, 6) is 0.770. The monoisotopic (exact) mass is 281 g/mol. The second kappa shape index (κ2) is 7.36. The lowest BCUT2D eigenvalue weighted by Crippen LogP contribution is -2.25. The van der Waals surface area contributed by atoms with Crippen LogP contribution in [-0.4, -0.2) is 36.1 Å². The molecule has 1 fully saturated rings. The Kier molecular flexibility index (Phi) is 5.79. The SMILES string of the molecule is CCNCc1sc(CCN(CC)CC)nc1C1CC1. The van der Waals surface area contributed by atoms with Crippen LogP contribution < -0.4 is 5.32 Å². The largest absolute Gasteiger partial charge is 0.312 e. The highest BCUT2D eigenvalue weighted by Gasteiger charge is 2.29. The van der Waals surface area contributed by atoms with E-state index in [2.05, 4.69) is 31.0 Å². The molecule has 1 saturated carbocycles. The Morgan fingerprint density at radius 3 is 2.58 bits per heavy atom. The van der Waals surface area contributed by atoms with Crippen molar-refractivity contribution in [1.29, 1.82) is 0 Å². The lowest BCUT2D eigenvalue weighted by atomic mass is 10.2. The van der Waals surface area contributed by atoms with Crippen molar-refractivity contribution in [1.82, 2.24) is 15.2 Å². The summed E-state index contributed by atoms with van der Waals surface area (Å²) in [5.41, 5.74) is 1.40. The Hall–Kier alpha value is -0.450. The van der Waals surface area contributed by atoms with Crippen LogP contribution in [-0.2, 0) is 13.0 Å². The number of hydrogen-bond acceptors (Lipinski definition) is 4. The average Bonchev–Trinajstić information content (AvgIpc) is 3.19. The van der Waals surface area contributed by atoms with Gasteiger partial charge in [0.05, 0.1) is 10.7 Å². The zero-order valence-corrected chi connectivity index (χ0v) is 13.4. The molecule has 1 aliphatic carbocycles. The first-order valence-corrected chi connectivity index (χ1v) is 8.51. The second-order valence-corrected chi connectivity index (χ2v) is 6.42. The van der Waals surface area contributed by atoms with Gasteiger partial charge in [0.15, 0.2) is 0 Å². The number of nitrogens with one attached hydrogen (secondary N) is 1. The second-order valence-electron chi connectivity index (χ2n) is 5.25. The van der Waals surface area contributed by atoms with Crippen LogP contribution >= 0.6 is 11.3 Å². The molecule has 1 N–H and O–H groups in total. The van der Waals surface area contributed by atoms with Gasteiger partial charge in [-0.3, -0.25) is 0 Å². The maximum atomic E-state index is 4.92. The van der Waals surface area contributed by atoms with E-state index in [0.29, 0.717) is 0 Å². The molecule has 1 aliphatic rings. The van der Waals surface area contributed by atoms with Gasteiger partial charge >= 0.3 is 0 Å². The molecule has 0 saturated heterocycles. The maximum Gasteiger partial charge on any atom is 0.0944 e. The standard InChI is InChI=1S/C15H27N3S/c1-4-16-11-13-15(12-7-8-12)17-14(19-13)9-10-18(5-2)6-3/h12,16H,4-11H2,1-3H3. The van der Waals surface area contributed by atoms with Gasteiger partial charge in [-0.05, 0) is 32.5 Å². The first kappa shape index (κ1) is 14.9. The van der Waals surface area contributed by atoms with E-state index in [1.54, 1.807) is 0 Å². The van der Waals surface area contributed by atoms with Crippen molar-refractivity contribution in [2.24, 2.45) is 0 Å². The fourth-order valence-corrected chi connectivity index (χ4v) is 3.47. The summed E-state index contributed by atoms with van der Waals surface area (Å²) in [6, 6.07) is 0. The van der Waals surface area contributed by atoms with Gasteiger partial charge in [0, 0.05) is 30.3 Å². The predicted octanol–water partition coefficient (Wildman–Crippen LogP) is 3.01. The van der Waals surface area contributed by atoms with Crippen LogP contribution in [0.5, 0.6) is 0 Å². The van der Waals surface area contributed by atoms with Gasteiger partial charge in [0.2, 0.25) is 0 Å². The molecule has 0 radical (unpaired) electrons. The Labute approximate surface area is 121 Å². The highest BCUT2D eigenvalue weighted by molar-refractivity contribution is 7.11. The lowest BCUT2D eigenvalue weighted by molar-refractivity contribution is 0.308. The van der Waals surface area contributed by atoms with Gasteiger partial charge in [-0.15, -0.1) is 11.3 Å². The van der Waals surface area contributed by atoms with Crippen LogP contribution in [0.4, 0.5) is 0 Å². The first-order chi connectivity index (χ1) is 9.28. The Morgan fingerprint density at radius 2 is 2.00 bits per heavy atom. The quantitative estimate of drug-likeness (QED) is 0.754. The number of thiazole rings is 1. The van der Waals surface area contributed by atoms with Crippen LogP contribution in [0.15, 0.2) is 0 Å². The van der Waals surface area contributed by atoms with Gasteiger partial charge < -0.3 is 10.2 Å². The van der Waals surface area contributed by atoms with Crippen LogP contribution in [0.3, 0.4) is 0 Å². The fraction of sp³-hybridized carbons (Fsp3) is 0.800. The Bertz CT molecular complexity index is 381. The van der Waals surface area contributed by atoms with Crippen molar-refractivity contribution < 1.29 is 0 Å². The Balaban J connectivity index is 1.96. The minimum Gasteiger partial charge on any atom is -0.312 e. The number of likely N-dealkylation sites (N-methyl/N-ethyl adjacent to an activating group) is 1. The average molecular weight is 281 g/mol. The summed E-state index contributed by atoms with van der Waals surface area (Å²) in [5, 5.41) is 4.78. The van der Waals surface area contributed by atoms with Crippen molar-refractivity contribution in [2.45, 2.75) is 52.5 Å². The summed E-state index contributed by atoms with van der Waals surface area (Å²) in [4.78, 5) is 8.88. The number of nitrogens with zero attached hydrogens (tertiary/aromatic N) is 2. The van der Waals surface area contributed by atoms with Gasteiger partial charge in [0.25, 0.3) is 0 Å². The summed E-state index contributed by atoms with van der Waals surface area (Å²) in [6.45, 7) is 12.1. The number of aromatic nitrogens is 1. The summed E-state index contributed by atoms with van der Waals surface area (Å²) in [6.07, 6.45) is 3.80. The molecular weight excluding hydrogens is 254 g/mol. The van der Waals surface area contributed by atoms with Crippen molar-refractivity contribution in [2.75, 3.05) is 26.2 Å². The number of rotatable bonds is 9. The molecule has 0 spiro atoms. The van der Waals surface area contributed by atoms with Gasteiger partial charge in [-0.25, -0.2) is 4.98 Å². The third-order valence-electron chi connectivity index (χ3n) is 3.81. The van der Waals surface area contributed by atoms with Crippen molar-refractivity contribution in [3.63, 3.8) is 0 Å². The van der Waals surface area contributed by atoms with Crippen LogP contribution in [0.25, 0.3) is 0 Å². The molecule has 4 heteroatoms. The predicted molar refractivity (Wildman–Crippen MR) is 83.0 cm³/mol. The maximum absolute atomic E-state index is 4.92. The van der Waals surface area contributed by atoms with Crippen molar-refractivity contribution >= 4 is 11.3 Å². The molecule has 0 atom stereocenters. The molecule has 0 aromatic carbocycles. The van der Waals surface area contributed by atoms with E-state index in [-0.39, 0.29) is 0 Å². The zero-order chi connectivity index (χ0) is 13.7. The summed E-state index contributed by atoms with van der Waals surface area (Å²) in [7, 11) is 0. The smallest absolute Gasteiger partial charge is 0.0944 e. The molecular formula is C15H27N3S. The molecule has 0 aliphatic heterocycles. The summed E-state index contributed by atoms with van der Waals surface area (Å²) >= 11 is 1.93.